The highest BCUT2D eigenvalue weighted by molar-refractivity contribution is 5.97. The second-order valence-corrected chi connectivity index (χ2v) is 6.03. The summed E-state index contributed by atoms with van der Waals surface area (Å²) in [5.41, 5.74) is 0.327. The number of carbonyl (C=O) groups excluding carboxylic acids is 1. The van der Waals surface area contributed by atoms with Gasteiger partial charge in [-0.3, -0.25) is 9.69 Å². The first-order chi connectivity index (χ1) is 11.2. The lowest BCUT2D eigenvalue weighted by atomic mass is 10.1. The molecule has 24 heavy (non-hydrogen) atoms. The Morgan fingerprint density at radius 3 is 2.79 bits per heavy atom. The predicted octanol–water partition coefficient (Wildman–Crippen LogP) is 1.77. The minimum absolute atomic E-state index is 0. The summed E-state index contributed by atoms with van der Waals surface area (Å²) in [6.45, 7) is 7.61. The van der Waals surface area contributed by atoms with E-state index in [-0.39, 0.29) is 24.1 Å². The first kappa shape index (κ1) is 19.0. The summed E-state index contributed by atoms with van der Waals surface area (Å²) in [6.07, 6.45) is 0.977. The molecule has 3 rings (SSSR count). The molecule has 0 spiro atoms. The van der Waals surface area contributed by atoms with Crippen molar-refractivity contribution in [3.05, 3.63) is 29.6 Å². The highest BCUT2D eigenvalue weighted by Crippen LogP contribution is 2.26. The van der Waals surface area contributed by atoms with Crippen molar-refractivity contribution < 1.29 is 13.9 Å². The smallest absolute Gasteiger partial charge is 0.257 e. The lowest BCUT2D eigenvalue weighted by Crippen LogP contribution is -2.49. The van der Waals surface area contributed by atoms with Gasteiger partial charge in [0.1, 0.15) is 0 Å². The number of rotatable bonds is 4. The Labute approximate surface area is 148 Å². The minimum Gasteiger partial charge on any atom is -0.490 e. The number of nitrogens with zero attached hydrogens (tertiary/aromatic N) is 2. The maximum Gasteiger partial charge on any atom is 0.257 e. The standard InChI is InChI=1S/C17H24FN3O2.ClH/c1-2-23-16-14(4-3-5-15(16)18)17(22)21-9-6-13(12-21)20-10-7-19-8-11-20;/h3-5,13,19H,2,6-12H2,1H3;1H. The zero-order valence-corrected chi connectivity index (χ0v) is 14.8. The Balaban J connectivity index is 0.00000208. The molecule has 2 heterocycles. The van der Waals surface area contributed by atoms with E-state index in [0.29, 0.717) is 24.8 Å². The van der Waals surface area contributed by atoms with E-state index in [2.05, 4.69) is 10.2 Å². The van der Waals surface area contributed by atoms with Gasteiger partial charge in [0.05, 0.1) is 12.2 Å². The third-order valence-corrected chi connectivity index (χ3v) is 4.60. The van der Waals surface area contributed by atoms with Crippen molar-refractivity contribution in [2.75, 3.05) is 45.9 Å². The summed E-state index contributed by atoms with van der Waals surface area (Å²) >= 11 is 0. The normalized spacial score (nSPS) is 21.4. The number of halogens is 2. The quantitative estimate of drug-likeness (QED) is 0.892. The van der Waals surface area contributed by atoms with Crippen LogP contribution in [0.4, 0.5) is 4.39 Å². The third-order valence-electron chi connectivity index (χ3n) is 4.60. The Morgan fingerprint density at radius 1 is 1.33 bits per heavy atom. The van der Waals surface area contributed by atoms with Crippen molar-refractivity contribution in [1.82, 2.24) is 15.1 Å². The molecule has 0 radical (unpaired) electrons. The molecule has 0 aliphatic carbocycles. The fourth-order valence-corrected chi connectivity index (χ4v) is 3.41. The van der Waals surface area contributed by atoms with E-state index in [1.54, 1.807) is 19.1 Å². The van der Waals surface area contributed by atoms with Crippen LogP contribution >= 0.6 is 12.4 Å². The maximum atomic E-state index is 13.9. The van der Waals surface area contributed by atoms with Crippen LogP contribution in [-0.2, 0) is 0 Å². The summed E-state index contributed by atoms with van der Waals surface area (Å²) in [5.74, 6) is -0.535. The van der Waals surface area contributed by atoms with Gasteiger partial charge in [-0.25, -0.2) is 4.39 Å². The fraction of sp³-hybridized carbons (Fsp3) is 0.588. The number of hydrogen-bond acceptors (Lipinski definition) is 4. The van der Waals surface area contributed by atoms with Gasteiger partial charge in [-0.15, -0.1) is 12.4 Å². The topological polar surface area (TPSA) is 44.8 Å². The van der Waals surface area contributed by atoms with Gasteiger partial charge >= 0.3 is 0 Å². The van der Waals surface area contributed by atoms with Gasteiger partial charge < -0.3 is 15.0 Å². The largest absolute Gasteiger partial charge is 0.490 e. The zero-order chi connectivity index (χ0) is 16.2. The van der Waals surface area contributed by atoms with Crippen LogP contribution in [0.1, 0.15) is 23.7 Å². The highest BCUT2D eigenvalue weighted by atomic mass is 35.5. The monoisotopic (exact) mass is 357 g/mol. The molecule has 2 fully saturated rings. The van der Waals surface area contributed by atoms with Crippen LogP contribution in [0, 0.1) is 5.82 Å². The molecule has 0 saturated carbocycles. The van der Waals surface area contributed by atoms with Crippen molar-refractivity contribution in [2.24, 2.45) is 0 Å². The van der Waals surface area contributed by atoms with E-state index in [1.165, 1.54) is 6.07 Å². The lowest BCUT2D eigenvalue weighted by molar-refractivity contribution is 0.0768. The van der Waals surface area contributed by atoms with Crippen LogP contribution in [0.2, 0.25) is 0 Å². The molecule has 1 atom stereocenters. The second kappa shape index (κ2) is 8.65. The number of ether oxygens (including phenoxy) is 1. The summed E-state index contributed by atoms with van der Waals surface area (Å²) < 4.78 is 19.3. The lowest BCUT2D eigenvalue weighted by Gasteiger charge is -2.32. The average molecular weight is 358 g/mol. The second-order valence-electron chi connectivity index (χ2n) is 6.03. The van der Waals surface area contributed by atoms with Crippen molar-refractivity contribution in [2.45, 2.75) is 19.4 Å². The van der Waals surface area contributed by atoms with Gasteiger partial charge in [-0.1, -0.05) is 6.07 Å². The van der Waals surface area contributed by atoms with E-state index in [0.717, 1.165) is 39.1 Å². The number of nitrogens with one attached hydrogen (secondary N) is 1. The zero-order valence-electron chi connectivity index (χ0n) is 14.0. The van der Waals surface area contributed by atoms with Crippen LogP contribution in [0.5, 0.6) is 5.75 Å². The van der Waals surface area contributed by atoms with Crippen molar-refractivity contribution in [3.8, 4) is 5.75 Å². The maximum absolute atomic E-state index is 13.9. The predicted molar refractivity (Wildman–Crippen MR) is 93.6 cm³/mol. The molecular formula is C17H25ClFN3O2. The van der Waals surface area contributed by atoms with E-state index in [1.807, 2.05) is 4.90 Å². The SMILES string of the molecule is CCOc1c(F)cccc1C(=O)N1CCC(N2CCNCC2)C1.Cl. The molecule has 1 unspecified atom stereocenters. The average Bonchev–Trinajstić information content (AvgIpc) is 3.07. The highest BCUT2D eigenvalue weighted by Gasteiger charge is 2.32. The van der Waals surface area contributed by atoms with Crippen molar-refractivity contribution >= 4 is 18.3 Å². The summed E-state index contributed by atoms with van der Waals surface area (Å²) in [6, 6.07) is 4.95. The molecule has 2 aliphatic heterocycles. The first-order valence-electron chi connectivity index (χ1n) is 8.36. The molecule has 0 bridgehead atoms. The Bertz CT molecular complexity index is 567. The molecule has 5 nitrogen and oxygen atoms in total. The number of piperazine rings is 1. The van der Waals surface area contributed by atoms with Crippen LogP contribution in [-0.4, -0.2) is 67.6 Å². The molecular weight excluding hydrogens is 333 g/mol. The Kier molecular flexibility index (Phi) is 6.83. The molecule has 1 aromatic rings. The summed E-state index contributed by atoms with van der Waals surface area (Å²) in [5, 5.41) is 3.35. The van der Waals surface area contributed by atoms with Gasteiger partial charge in [0.25, 0.3) is 5.91 Å². The van der Waals surface area contributed by atoms with E-state index < -0.39 is 5.82 Å². The molecule has 0 aromatic heterocycles. The molecule has 7 heteroatoms. The number of hydrogen-bond donors (Lipinski definition) is 1. The number of para-hydroxylation sites is 1. The van der Waals surface area contributed by atoms with Gasteiger partial charge in [0, 0.05) is 45.3 Å². The first-order valence-corrected chi connectivity index (χ1v) is 8.36. The number of carbonyl (C=O) groups is 1. The molecule has 2 saturated heterocycles. The van der Waals surface area contributed by atoms with Crippen LogP contribution in [0.25, 0.3) is 0 Å². The third kappa shape index (κ3) is 3.99. The van der Waals surface area contributed by atoms with Crippen molar-refractivity contribution in [1.29, 1.82) is 0 Å². The Hall–Kier alpha value is -1.37. The van der Waals surface area contributed by atoms with Crippen LogP contribution < -0.4 is 10.1 Å². The molecule has 1 N–H and O–H groups in total. The molecule has 1 aromatic carbocycles. The van der Waals surface area contributed by atoms with E-state index in [4.69, 9.17) is 4.74 Å². The Morgan fingerprint density at radius 2 is 2.08 bits per heavy atom. The van der Waals surface area contributed by atoms with Crippen LogP contribution in [0.15, 0.2) is 18.2 Å². The van der Waals surface area contributed by atoms with Gasteiger partial charge in [0.2, 0.25) is 0 Å². The molecule has 134 valence electrons. The number of benzene rings is 1. The van der Waals surface area contributed by atoms with Gasteiger partial charge in [0.15, 0.2) is 11.6 Å². The van der Waals surface area contributed by atoms with E-state index in [9.17, 15) is 9.18 Å². The summed E-state index contributed by atoms with van der Waals surface area (Å²) in [4.78, 5) is 17.0. The fourth-order valence-electron chi connectivity index (χ4n) is 3.41. The number of likely N-dealkylation sites (tertiary alicyclic amines) is 1. The molecule has 1 amide bonds. The van der Waals surface area contributed by atoms with Crippen molar-refractivity contribution in [3.63, 3.8) is 0 Å². The van der Waals surface area contributed by atoms with E-state index >= 15 is 0 Å². The molecule has 2 aliphatic rings. The summed E-state index contributed by atoms with van der Waals surface area (Å²) in [7, 11) is 0. The van der Waals surface area contributed by atoms with Gasteiger partial charge in [-0.05, 0) is 25.5 Å². The van der Waals surface area contributed by atoms with Gasteiger partial charge in [-0.2, -0.15) is 0 Å². The minimum atomic E-state index is -0.476. The number of amides is 1. The van der Waals surface area contributed by atoms with Crippen LogP contribution in [0.3, 0.4) is 0 Å².